The third kappa shape index (κ3) is 42.9. The number of aryl methyl sites for hydroxylation is 1. The molecule has 0 heterocycles. The number of benzene rings is 1. The zero-order valence-corrected chi connectivity index (χ0v) is 17.7. The van der Waals surface area contributed by atoms with Crippen LogP contribution in [0.15, 0.2) is 18.2 Å². The predicted molar refractivity (Wildman–Crippen MR) is 105 cm³/mol. The standard InChI is InChI=1S/C7H6F2.C5H12.C4H10.C3H6O.CH3Cl/c1-5-2-3-6(8)4-7(5)9;1-3-5-4-2;1-4(2)3;1-3(2)4;1-2/h2-4H,1H3;3-5H2,1-2H3;4H,1-3H3;1-2H3;1H3. The molecule has 0 unspecified atom stereocenters. The van der Waals surface area contributed by atoms with Gasteiger partial charge in [0.25, 0.3) is 0 Å². The third-order valence-corrected chi connectivity index (χ3v) is 1.84. The number of hydrogen-bond acceptors (Lipinski definition) is 1. The molecule has 0 fully saturated rings. The molecule has 24 heavy (non-hydrogen) atoms. The van der Waals surface area contributed by atoms with Crippen molar-refractivity contribution in [3.8, 4) is 0 Å². The van der Waals surface area contributed by atoms with Gasteiger partial charge in [0.2, 0.25) is 0 Å². The first kappa shape index (κ1) is 30.9. The van der Waals surface area contributed by atoms with Crippen LogP contribution in [0.5, 0.6) is 0 Å². The Morgan fingerprint density at radius 3 is 1.54 bits per heavy atom. The quantitative estimate of drug-likeness (QED) is 0.493. The highest BCUT2D eigenvalue weighted by Gasteiger charge is 1.95. The number of carbonyl (C=O) groups is 1. The summed E-state index contributed by atoms with van der Waals surface area (Å²) in [5, 5.41) is 0. The summed E-state index contributed by atoms with van der Waals surface area (Å²) in [6, 6.07) is 3.51. The Balaban J connectivity index is -0.000000116. The third-order valence-electron chi connectivity index (χ3n) is 1.84. The Hall–Kier alpha value is -0.960. The van der Waals surface area contributed by atoms with Gasteiger partial charge >= 0.3 is 0 Å². The van der Waals surface area contributed by atoms with Gasteiger partial charge in [-0.25, -0.2) is 8.78 Å². The Morgan fingerprint density at radius 1 is 1.04 bits per heavy atom. The molecule has 0 aliphatic rings. The molecule has 0 saturated carbocycles. The van der Waals surface area contributed by atoms with Crippen molar-refractivity contribution in [1.29, 1.82) is 0 Å². The molecule has 0 saturated heterocycles. The molecule has 0 N–H and O–H groups in total. The second-order valence-corrected chi connectivity index (χ2v) is 5.89. The molecule has 0 radical (unpaired) electrons. The van der Waals surface area contributed by atoms with Gasteiger partial charge in [0.05, 0.1) is 0 Å². The Kier molecular flexibility index (Phi) is 31.3. The smallest absolute Gasteiger partial charge is 0.129 e. The lowest BCUT2D eigenvalue weighted by Crippen LogP contribution is -1.81. The van der Waals surface area contributed by atoms with Crippen molar-refractivity contribution in [3.63, 3.8) is 0 Å². The topological polar surface area (TPSA) is 17.1 Å². The van der Waals surface area contributed by atoms with Gasteiger partial charge in [-0.2, -0.15) is 0 Å². The molecule has 144 valence electrons. The van der Waals surface area contributed by atoms with Crippen LogP contribution in [0.2, 0.25) is 0 Å². The van der Waals surface area contributed by atoms with Crippen LogP contribution in [0.4, 0.5) is 8.78 Å². The highest BCUT2D eigenvalue weighted by Crippen LogP contribution is 2.06. The molecule has 0 aliphatic heterocycles. The van der Waals surface area contributed by atoms with Crippen LogP contribution in [-0.4, -0.2) is 12.2 Å². The molecule has 0 aromatic heterocycles. The molecular weight excluding hydrogens is 330 g/mol. The van der Waals surface area contributed by atoms with Crippen molar-refractivity contribution in [1.82, 2.24) is 0 Å². The van der Waals surface area contributed by atoms with E-state index in [-0.39, 0.29) is 5.78 Å². The van der Waals surface area contributed by atoms with Crippen molar-refractivity contribution in [3.05, 3.63) is 35.4 Å². The van der Waals surface area contributed by atoms with Crippen LogP contribution in [-0.2, 0) is 4.79 Å². The first-order valence-electron chi connectivity index (χ1n) is 8.34. The van der Waals surface area contributed by atoms with Gasteiger partial charge in [-0.15, -0.1) is 11.6 Å². The number of alkyl halides is 1. The van der Waals surface area contributed by atoms with E-state index in [2.05, 4.69) is 46.2 Å². The molecule has 0 amide bonds. The summed E-state index contributed by atoms with van der Waals surface area (Å²) >= 11 is 4.64. The van der Waals surface area contributed by atoms with Crippen molar-refractivity contribution in [2.24, 2.45) is 5.92 Å². The molecule has 1 rings (SSSR count). The number of halogens is 3. The van der Waals surface area contributed by atoms with E-state index in [9.17, 15) is 13.6 Å². The molecule has 0 spiro atoms. The van der Waals surface area contributed by atoms with Crippen LogP contribution >= 0.6 is 11.6 Å². The molecule has 1 aromatic carbocycles. The van der Waals surface area contributed by atoms with E-state index in [0.29, 0.717) is 5.56 Å². The van der Waals surface area contributed by atoms with Gasteiger partial charge in [-0.3, -0.25) is 0 Å². The second kappa shape index (κ2) is 24.3. The van der Waals surface area contributed by atoms with Gasteiger partial charge in [-0.05, 0) is 38.3 Å². The maximum atomic E-state index is 12.3. The fourth-order valence-corrected chi connectivity index (χ4v) is 0.921. The fourth-order valence-electron chi connectivity index (χ4n) is 0.921. The Labute approximate surface area is 153 Å². The minimum absolute atomic E-state index is 0.167. The highest BCUT2D eigenvalue weighted by atomic mass is 35.5. The van der Waals surface area contributed by atoms with E-state index in [4.69, 9.17) is 0 Å². The number of rotatable bonds is 2. The summed E-state index contributed by atoms with van der Waals surface area (Å²) in [4.78, 5) is 9.44. The largest absolute Gasteiger partial charge is 0.300 e. The molecule has 0 atom stereocenters. The molecule has 0 bridgehead atoms. The zero-order valence-electron chi connectivity index (χ0n) is 17.0. The minimum Gasteiger partial charge on any atom is -0.300 e. The summed E-state index contributed by atoms with van der Waals surface area (Å²) in [5.41, 5.74) is 0.469. The van der Waals surface area contributed by atoms with Gasteiger partial charge in [-0.1, -0.05) is 59.9 Å². The molecule has 4 heteroatoms. The van der Waals surface area contributed by atoms with Gasteiger partial charge in [0.1, 0.15) is 17.4 Å². The van der Waals surface area contributed by atoms with E-state index >= 15 is 0 Å². The SMILES string of the molecule is CC(C)=O.CC(C)C.CCCCC.CCl.Cc1ccc(F)cc1F. The zero-order chi connectivity index (χ0) is 20.1. The maximum Gasteiger partial charge on any atom is 0.129 e. The van der Waals surface area contributed by atoms with Crippen molar-refractivity contribution >= 4 is 17.4 Å². The number of hydrogen-bond donors (Lipinski definition) is 0. The van der Waals surface area contributed by atoms with Gasteiger partial charge in [0.15, 0.2) is 0 Å². The van der Waals surface area contributed by atoms with Crippen LogP contribution in [0.1, 0.15) is 73.3 Å². The lowest BCUT2D eigenvalue weighted by atomic mass is 10.2. The summed E-state index contributed by atoms with van der Waals surface area (Å²) in [5.74, 6) is -0.0203. The Morgan fingerprint density at radius 2 is 1.38 bits per heavy atom. The van der Waals surface area contributed by atoms with Crippen molar-refractivity contribution < 1.29 is 13.6 Å². The van der Waals surface area contributed by atoms with E-state index in [1.807, 2.05) is 0 Å². The normalized spacial score (nSPS) is 8.21. The average Bonchev–Trinajstić information content (AvgIpc) is 2.46. The van der Waals surface area contributed by atoms with E-state index < -0.39 is 11.6 Å². The van der Waals surface area contributed by atoms with Crippen LogP contribution < -0.4 is 0 Å². The number of ketones is 1. The lowest BCUT2D eigenvalue weighted by Gasteiger charge is -1.92. The number of carbonyl (C=O) groups excluding carboxylic acids is 1. The highest BCUT2D eigenvalue weighted by molar-refractivity contribution is 6.15. The summed E-state index contributed by atoms with van der Waals surface area (Å²) in [7, 11) is 0. The summed E-state index contributed by atoms with van der Waals surface area (Å²) in [6.07, 6.45) is 5.55. The molecular formula is C20H37ClF2O. The van der Waals surface area contributed by atoms with Crippen LogP contribution in [0, 0.1) is 24.5 Å². The lowest BCUT2D eigenvalue weighted by molar-refractivity contribution is -0.114. The average molecular weight is 367 g/mol. The first-order valence-corrected chi connectivity index (χ1v) is 9.10. The number of Topliss-reactive ketones (excluding diaryl/α,β-unsaturated/α-hetero) is 1. The fraction of sp³-hybridized carbons (Fsp3) is 0.650. The van der Waals surface area contributed by atoms with E-state index in [0.717, 1.165) is 12.0 Å². The van der Waals surface area contributed by atoms with Gasteiger partial charge in [0, 0.05) is 12.4 Å². The van der Waals surface area contributed by atoms with Crippen molar-refractivity contribution in [2.45, 2.75) is 74.7 Å². The van der Waals surface area contributed by atoms with E-state index in [1.165, 1.54) is 51.6 Å². The van der Waals surface area contributed by atoms with Gasteiger partial charge < -0.3 is 4.79 Å². The Bertz CT molecular complexity index is 371. The summed E-state index contributed by atoms with van der Waals surface area (Å²) in [6.45, 7) is 15.6. The monoisotopic (exact) mass is 366 g/mol. The predicted octanol–water partition coefficient (Wildman–Crippen LogP) is 7.58. The maximum absolute atomic E-state index is 12.3. The molecule has 1 aromatic rings. The number of unbranched alkanes of at least 4 members (excludes halogenated alkanes) is 2. The minimum atomic E-state index is -0.530. The molecule has 1 nitrogen and oxygen atoms in total. The van der Waals surface area contributed by atoms with E-state index in [1.54, 1.807) is 6.92 Å². The second-order valence-electron chi connectivity index (χ2n) is 5.89. The van der Waals surface area contributed by atoms with Crippen molar-refractivity contribution in [2.75, 3.05) is 6.38 Å². The van der Waals surface area contributed by atoms with Crippen LogP contribution in [0.25, 0.3) is 0 Å². The van der Waals surface area contributed by atoms with Crippen LogP contribution in [0.3, 0.4) is 0 Å². The molecule has 0 aliphatic carbocycles. The first-order chi connectivity index (χ1) is 11.1. The summed E-state index contributed by atoms with van der Waals surface area (Å²) < 4.78 is 24.4.